The summed E-state index contributed by atoms with van der Waals surface area (Å²) in [5.74, 6) is 0.242. The summed E-state index contributed by atoms with van der Waals surface area (Å²) in [5.41, 5.74) is 1.37. The second kappa shape index (κ2) is 8.52. The first kappa shape index (κ1) is 19.9. The van der Waals surface area contributed by atoms with E-state index in [0.717, 1.165) is 11.4 Å². The maximum atomic E-state index is 13.0. The number of nitrogens with zero attached hydrogens (tertiary/aromatic N) is 4. The molecule has 30 heavy (non-hydrogen) atoms. The van der Waals surface area contributed by atoms with Crippen molar-refractivity contribution >= 4 is 23.4 Å². The standard InChI is InChI=1S/C22H24N4O4/c1-30-19-4-2-18(3-5-19)26-15-17(14-20(26)27)22(29)25-12-10-24(11-13-25)21(28)16-6-8-23-9-7-16/h2-9,17H,10-15H2,1H3. The smallest absolute Gasteiger partial charge is 0.254 e. The predicted molar refractivity (Wildman–Crippen MR) is 110 cm³/mol. The summed E-state index contributed by atoms with van der Waals surface area (Å²) in [4.78, 5) is 47.1. The zero-order valence-electron chi connectivity index (χ0n) is 16.9. The normalized spacial score (nSPS) is 19.2. The molecule has 4 rings (SSSR count). The zero-order chi connectivity index (χ0) is 21.1. The number of aromatic nitrogens is 1. The van der Waals surface area contributed by atoms with Crippen LogP contribution in [0.3, 0.4) is 0 Å². The van der Waals surface area contributed by atoms with Crippen LogP contribution < -0.4 is 9.64 Å². The number of carbonyl (C=O) groups excluding carboxylic acids is 3. The molecule has 8 heteroatoms. The Kier molecular flexibility index (Phi) is 5.65. The minimum absolute atomic E-state index is 0.0182. The van der Waals surface area contributed by atoms with Crippen LogP contribution in [0.4, 0.5) is 5.69 Å². The van der Waals surface area contributed by atoms with Gasteiger partial charge in [-0.2, -0.15) is 0 Å². The van der Waals surface area contributed by atoms with Gasteiger partial charge in [0.05, 0.1) is 13.0 Å². The Morgan fingerprint density at radius 3 is 2.23 bits per heavy atom. The number of methoxy groups -OCH3 is 1. The van der Waals surface area contributed by atoms with Crippen LogP contribution in [0.25, 0.3) is 0 Å². The van der Waals surface area contributed by atoms with E-state index in [4.69, 9.17) is 4.74 Å². The van der Waals surface area contributed by atoms with E-state index in [2.05, 4.69) is 4.98 Å². The van der Waals surface area contributed by atoms with E-state index < -0.39 is 0 Å². The van der Waals surface area contributed by atoms with Crippen molar-refractivity contribution < 1.29 is 19.1 Å². The van der Waals surface area contributed by atoms with Gasteiger partial charge in [-0.25, -0.2) is 0 Å². The Morgan fingerprint density at radius 1 is 0.967 bits per heavy atom. The first-order valence-corrected chi connectivity index (χ1v) is 9.99. The van der Waals surface area contributed by atoms with Crippen molar-refractivity contribution in [2.24, 2.45) is 5.92 Å². The Labute approximate surface area is 175 Å². The van der Waals surface area contributed by atoms with Crippen LogP contribution in [-0.2, 0) is 9.59 Å². The van der Waals surface area contributed by atoms with Crippen molar-refractivity contribution in [1.82, 2.24) is 14.8 Å². The van der Waals surface area contributed by atoms with Crippen molar-refractivity contribution in [3.05, 3.63) is 54.4 Å². The number of rotatable bonds is 4. The summed E-state index contributed by atoms with van der Waals surface area (Å²) in [7, 11) is 1.59. The molecule has 0 aliphatic carbocycles. The highest BCUT2D eigenvalue weighted by Gasteiger charge is 2.38. The summed E-state index contributed by atoms with van der Waals surface area (Å²) in [5, 5.41) is 0. The third-order valence-electron chi connectivity index (χ3n) is 5.66. The average molecular weight is 408 g/mol. The molecule has 0 saturated carbocycles. The molecule has 2 aliphatic heterocycles. The Hall–Kier alpha value is -3.42. The maximum Gasteiger partial charge on any atom is 0.254 e. The quantitative estimate of drug-likeness (QED) is 0.764. The number of amides is 3. The second-order valence-corrected chi connectivity index (χ2v) is 7.46. The van der Waals surface area contributed by atoms with Gasteiger partial charge in [-0.1, -0.05) is 0 Å². The van der Waals surface area contributed by atoms with E-state index >= 15 is 0 Å². The molecule has 1 atom stereocenters. The molecule has 8 nitrogen and oxygen atoms in total. The lowest BCUT2D eigenvalue weighted by molar-refractivity contribution is -0.137. The van der Waals surface area contributed by atoms with E-state index in [1.165, 1.54) is 0 Å². The minimum atomic E-state index is -0.359. The predicted octanol–water partition coefficient (Wildman–Crippen LogP) is 1.43. The van der Waals surface area contributed by atoms with Gasteiger partial charge in [0.1, 0.15) is 5.75 Å². The lowest BCUT2D eigenvalue weighted by Crippen LogP contribution is -2.52. The molecular formula is C22H24N4O4. The number of pyridine rings is 1. The fourth-order valence-electron chi connectivity index (χ4n) is 3.95. The van der Waals surface area contributed by atoms with Crippen molar-refractivity contribution in [3.8, 4) is 5.75 Å². The summed E-state index contributed by atoms with van der Waals surface area (Å²) >= 11 is 0. The van der Waals surface area contributed by atoms with Crippen LogP contribution in [0, 0.1) is 5.92 Å². The van der Waals surface area contributed by atoms with Gasteiger partial charge in [0.15, 0.2) is 0 Å². The molecule has 1 aromatic heterocycles. The Morgan fingerprint density at radius 2 is 1.60 bits per heavy atom. The number of benzene rings is 1. The van der Waals surface area contributed by atoms with Crippen molar-refractivity contribution in [3.63, 3.8) is 0 Å². The first-order chi connectivity index (χ1) is 14.6. The second-order valence-electron chi connectivity index (χ2n) is 7.46. The third-order valence-corrected chi connectivity index (χ3v) is 5.66. The highest BCUT2D eigenvalue weighted by molar-refractivity contribution is 6.00. The molecule has 2 aromatic rings. The monoisotopic (exact) mass is 408 g/mol. The lowest BCUT2D eigenvalue weighted by Gasteiger charge is -2.36. The van der Waals surface area contributed by atoms with E-state index in [-0.39, 0.29) is 30.1 Å². The first-order valence-electron chi connectivity index (χ1n) is 9.99. The fraction of sp³-hybridized carbons (Fsp3) is 0.364. The number of hydrogen-bond acceptors (Lipinski definition) is 5. The number of hydrogen-bond donors (Lipinski definition) is 0. The molecule has 2 aliphatic rings. The SMILES string of the molecule is COc1ccc(N2CC(C(=O)N3CCN(C(=O)c4ccncc4)CC3)CC2=O)cc1. The molecule has 0 spiro atoms. The van der Waals surface area contributed by atoms with Gasteiger partial charge in [0, 0.05) is 62.8 Å². The molecule has 2 saturated heterocycles. The summed E-state index contributed by atoms with van der Waals surface area (Å²) in [6.07, 6.45) is 3.40. The molecule has 156 valence electrons. The van der Waals surface area contributed by atoms with Gasteiger partial charge in [-0.05, 0) is 36.4 Å². The number of carbonyl (C=O) groups is 3. The van der Waals surface area contributed by atoms with Crippen molar-refractivity contribution in [2.75, 3.05) is 44.7 Å². The van der Waals surface area contributed by atoms with Crippen LogP contribution in [0.1, 0.15) is 16.8 Å². The zero-order valence-corrected chi connectivity index (χ0v) is 16.9. The molecule has 0 radical (unpaired) electrons. The van der Waals surface area contributed by atoms with Crippen LogP contribution in [-0.4, -0.2) is 72.3 Å². The molecule has 1 unspecified atom stereocenters. The van der Waals surface area contributed by atoms with Crippen LogP contribution >= 0.6 is 0 Å². The van der Waals surface area contributed by atoms with Crippen LogP contribution in [0.5, 0.6) is 5.75 Å². The van der Waals surface area contributed by atoms with Gasteiger partial charge < -0.3 is 19.4 Å². The molecule has 0 N–H and O–H groups in total. The van der Waals surface area contributed by atoms with Crippen molar-refractivity contribution in [2.45, 2.75) is 6.42 Å². The summed E-state index contributed by atoms with van der Waals surface area (Å²) < 4.78 is 5.16. The van der Waals surface area contributed by atoms with Gasteiger partial charge in [-0.15, -0.1) is 0 Å². The van der Waals surface area contributed by atoms with Gasteiger partial charge in [0.25, 0.3) is 5.91 Å². The van der Waals surface area contributed by atoms with Crippen LogP contribution in [0.2, 0.25) is 0 Å². The summed E-state index contributed by atoms with van der Waals surface area (Å²) in [6, 6.07) is 10.6. The van der Waals surface area contributed by atoms with Gasteiger partial charge in [0.2, 0.25) is 11.8 Å². The molecule has 0 bridgehead atoms. The number of anilines is 1. The van der Waals surface area contributed by atoms with E-state index in [0.29, 0.717) is 38.3 Å². The number of piperazine rings is 1. The summed E-state index contributed by atoms with van der Waals surface area (Å²) in [6.45, 7) is 2.29. The third kappa shape index (κ3) is 3.98. The largest absolute Gasteiger partial charge is 0.497 e. The highest BCUT2D eigenvalue weighted by Crippen LogP contribution is 2.28. The van der Waals surface area contributed by atoms with Gasteiger partial charge in [-0.3, -0.25) is 19.4 Å². The fourth-order valence-corrected chi connectivity index (χ4v) is 3.95. The Balaban J connectivity index is 1.34. The molecular weight excluding hydrogens is 384 g/mol. The highest BCUT2D eigenvalue weighted by atomic mass is 16.5. The van der Waals surface area contributed by atoms with Gasteiger partial charge >= 0.3 is 0 Å². The molecule has 3 amide bonds. The topological polar surface area (TPSA) is 83.1 Å². The van der Waals surface area contributed by atoms with Crippen molar-refractivity contribution in [1.29, 1.82) is 0 Å². The Bertz CT molecular complexity index is 924. The van der Waals surface area contributed by atoms with E-state index in [1.54, 1.807) is 58.5 Å². The van der Waals surface area contributed by atoms with Crippen LogP contribution in [0.15, 0.2) is 48.8 Å². The number of ether oxygens (including phenoxy) is 1. The average Bonchev–Trinajstić information content (AvgIpc) is 3.20. The van der Waals surface area contributed by atoms with E-state index in [1.807, 2.05) is 12.1 Å². The maximum absolute atomic E-state index is 13.0. The molecule has 3 heterocycles. The molecule has 1 aromatic carbocycles. The molecule has 2 fully saturated rings. The minimum Gasteiger partial charge on any atom is -0.497 e. The van der Waals surface area contributed by atoms with E-state index in [9.17, 15) is 14.4 Å². The lowest BCUT2D eigenvalue weighted by atomic mass is 10.1.